The summed E-state index contributed by atoms with van der Waals surface area (Å²) in [5, 5.41) is 2.76. The van der Waals surface area contributed by atoms with Gasteiger partial charge in [0.15, 0.2) is 0 Å². The number of amides is 1. The summed E-state index contributed by atoms with van der Waals surface area (Å²) in [6.07, 6.45) is 3.24. The summed E-state index contributed by atoms with van der Waals surface area (Å²) in [5.74, 6) is -0.152. The van der Waals surface area contributed by atoms with Crippen LogP contribution in [0.2, 0.25) is 0 Å². The number of hydrogen-bond donors (Lipinski definition) is 1. The van der Waals surface area contributed by atoms with Gasteiger partial charge in [-0.3, -0.25) is 4.79 Å². The zero-order valence-corrected chi connectivity index (χ0v) is 14.4. The van der Waals surface area contributed by atoms with Crippen LogP contribution in [-0.4, -0.2) is 25.1 Å². The summed E-state index contributed by atoms with van der Waals surface area (Å²) in [5.41, 5.74) is 1.44. The summed E-state index contributed by atoms with van der Waals surface area (Å²) >= 11 is 0. The topological polar surface area (TPSA) is 64.6 Å². The van der Waals surface area contributed by atoms with Gasteiger partial charge in [-0.05, 0) is 18.2 Å². The normalized spacial score (nSPS) is 9.85. The molecule has 0 radical (unpaired) electrons. The van der Waals surface area contributed by atoms with Crippen LogP contribution >= 0.6 is 0 Å². The number of ether oxygens (including phenoxy) is 2. The molecule has 2 aromatic rings. The van der Waals surface area contributed by atoms with Crippen molar-refractivity contribution < 1.29 is 19.1 Å². The number of nitrogens with one attached hydrogen (secondary N) is 1. The number of anilines is 1. The maximum atomic E-state index is 12.4. The van der Waals surface area contributed by atoms with Crippen molar-refractivity contribution in [2.75, 3.05) is 18.5 Å². The summed E-state index contributed by atoms with van der Waals surface area (Å²) in [7, 11) is 0. The van der Waals surface area contributed by atoms with Gasteiger partial charge in [0.2, 0.25) is 5.91 Å². The van der Waals surface area contributed by atoms with Crippen molar-refractivity contribution in [2.45, 2.75) is 6.42 Å². The first-order valence-electron chi connectivity index (χ1n) is 8.14. The number of para-hydroxylation sites is 2. The first kappa shape index (κ1) is 19.0. The predicted octanol–water partition coefficient (Wildman–Crippen LogP) is 3.78. The zero-order chi connectivity index (χ0) is 18.8. The van der Waals surface area contributed by atoms with E-state index < -0.39 is 5.97 Å². The van der Waals surface area contributed by atoms with Crippen LogP contribution in [0.15, 0.2) is 73.8 Å². The highest BCUT2D eigenvalue weighted by Gasteiger charge is 2.15. The molecule has 0 saturated carbocycles. The van der Waals surface area contributed by atoms with Crippen LogP contribution in [0.5, 0.6) is 5.75 Å². The summed E-state index contributed by atoms with van der Waals surface area (Å²) in [6, 6.07) is 14.0. The van der Waals surface area contributed by atoms with Crippen LogP contribution in [0.4, 0.5) is 5.69 Å². The summed E-state index contributed by atoms with van der Waals surface area (Å²) in [4.78, 5) is 24.5. The quantitative estimate of drug-likeness (QED) is 0.552. The largest absolute Gasteiger partial charge is 0.489 e. The van der Waals surface area contributed by atoms with E-state index in [0.29, 0.717) is 23.6 Å². The Morgan fingerprint density at radius 1 is 0.962 bits per heavy atom. The van der Waals surface area contributed by atoms with E-state index in [1.165, 1.54) is 6.08 Å². The number of esters is 1. The fourth-order valence-electron chi connectivity index (χ4n) is 2.29. The second-order valence-electron chi connectivity index (χ2n) is 5.37. The van der Waals surface area contributed by atoms with Crippen molar-refractivity contribution in [3.05, 3.63) is 85.0 Å². The molecule has 0 bridgehead atoms. The average molecular weight is 351 g/mol. The van der Waals surface area contributed by atoms with E-state index in [1.807, 2.05) is 18.2 Å². The van der Waals surface area contributed by atoms with Crippen molar-refractivity contribution in [1.29, 1.82) is 0 Å². The van der Waals surface area contributed by atoms with Crippen LogP contribution < -0.4 is 10.1 Å². The second-order valence-corrected chi connectivity index (χ2v) is 5.37. The molecule has 0 aliphatic heterocycles. The van der Waals surface area contributed by atoms with Crippen LogP contribution in [0, 0.1) is 0 Å². The van der Waals surface area contributed by atoms with Gasteiger partial charge >= 0.3 is 5.97 Å². The highest BCUT2D eigenvalue weighted by Crippen LogP contribution is 2.21. The number of rotatable bonds is 9. The first-order valence-corrected chi connectivity index (χ1v) is 8.14. The van der Waals surface area contributed by atoms with Crippen molar-refractivity contribution >= 4 is 17.6 Å². The number of benzene rings is 2. The zero-order valence-electron chi connectivity index (χ0n) is 14.4. The monoisotopic (exact) mass is 351 g/mol. The molecule has 0 aromatic heterocycles. The standard InChI is InChI=1S/C21H21NO4/c1-3-13-25-19-12-8-5-9-16(19)15-20(23)22-18-11-7-6-10-17(18)21(24)26-14-4-2/h3-12H,1-2,13-15H2,(H,22,23). The van der Waals surface area contributed by atoms with Crippen LogP contribution in [0.3, 0.4) is 0 Å². The van der Waals surface area contributed by atoms with Gasteiger partial charge in [-0.2, -0.15) is 0 Å². The maximum absolute atomic E-state index is 12.4. The lowest BCUT2D eigenvalue weighted by Gasteiger charge is -2.12. The maximum Gasteiger partial charge on any atom is 0.340 e. The Labute approximate surface area is 152 Å². The SMILES string of the molecule is C=CCOC(=O)c1ccccc1NC(=O)Cc1ccccc1OCC=C. The van der Waals surface area contributed by atoms with Crippen LogP contribution in [0.25, 0.3) is 0 Å². The van der Waals surface area contributed by atoms with Crippen molar-refractivity contribution in [3.8, 4) is 5.75 Å². The molecular weight excluding hydrogens is 330 g/mol. The van der Waals surface area contributed by atoms with E-state index in [9.17, 15) is 9.59 Å². The molecule has 1 amide bonds. The van der Waals surface area contributed by atoms with Gasteiger partial charge in [0.1, 0.15) is 19.0 Å². The number of carbonyl (C=O) groups excluding carboxylic acids is 2. The molecule has 26 heavy (non-hydrogen) atoms. The molecule has 0 aliphatic rings. The lowest BCUT2D eigenvalue weighted by molar-refractivity contribution is -0.115. The first-order chi connectivity index (χ1) is 12.7. The van der Waals surface area contributed by atoms with Gasteiger partial charge in [-0.1, -0.05) is 55.6 Å². The molecule has 2 rings (SSSR count). The average Bonchev–Trinajstić information content (AvgIpc) is 2.65. The van der Waals surface area contributed by atoms with Gasteiger partial charge in [0.05, 0.1) is 17.7 Å². The third-order valence-corrected chi connectivity index (χ3v) is 3.43. The summed E-state index contributed by atoms with van der Waals surface area (Å²) < 4.78 is 10.6. The van der Waals surface area contributed by atoms with Crippen LogP contribution in [0.1, 0.15) is 15.9 Å². The highest BCUT2D eigenvalue weighted by molar-refractivity contribution is 6.01. The van der Waals surface area contributed by atoms with E-state index in [1.54, 1.807) is 36.4 Å². The lowest BCUT2D eigenvalue weighted by Crippen LogP contribution is -2.18. The molecule has 0 atom stereocenters. The van der Waals surface area contributed by atoms with E-state index in [-0.39, 0.29) is 18.9 Å². The lowest BCUT2D eigenvalue weighted by atomic mass is 10.1. The molecular formula is C21H21NO4. The molecule has 0 aliphatic carbocycles. The number of hydrogen-bond acceptors (Lipinski definition) is 4. The highest BCUT2D eigenvalue weighted by atomic mass is 16.5. The minimum atomic E-state index is -0.518. The molecule has 5 heteroatoms. The Morgan fingerprint density at radius 2 is 1.65 bits per heavy atom. The van der Waals surface area contributed by atoms with E-state index in [4.69, 9.17) is 9.47 Å². The molecule has 0 unspecified atom stereocenters. The Balaban J connectivity index is 2.10. The molecule has 0 spiro atoms. The van der Waals surface area contributed by atoms with Gasteiger partial charge in [0, 0.05) is 5.56 Å². The molecule has 1 N–H and O–H groups in total. The Bertz CT molecular complexity index is 798. The third-order valence-electron chi connectivity index (χ3n) is 3.43. The minimum absolute atomic E-state index is 0.106. The van der Waals surface area contributed by atoms with Crippen molar-refractivity contribution in [2.24, 2.45) is 0 Å². The number of carbonyl (C=O) groups is 2. The fourth-order valence-corrected chi connectivity index (χ4v) is 2.29. The molecule has 0 fully saturated rings. The Morgan fingerprint density at radius 3 is 2.42 bits per heavy atom. The molecule has 134 valence electrons. The molecule has 2 aromatic carbocycles. The van der Waals surface area contributed by atoms with Crippen molar-refractivity contribution in [1.82, 2.24) is 0 Å². The van der Waals surface area contributed by atoms with Crippen LogP contribution in [-0.2, 0) is 16.0 Å². The fraction of sp³-hybridized carbons (Fsp3) is 0.143. The van der Waals surface area contributed by atoms with E-state index in [0.717, 1.165) is 5.56 Å². The molecule has 5 nitrogen and oxygen atoms in total. The smallest absolute Gasteiger partial charge is 0.340 e. The second kappa shape index (κ2) is 9.84. The van der Waals surface area contributed by atoms with E-state index in [2.05, 4.69) is 18.5 Å². The molecule has 0 saturated heterocycles. The van der Waals surface area contributed by atoms with Gasteiger partial charge in [-0.25, -0.2) is 4.79 Å². The van der Waals surface area contributed by atoms with E-state index >= 15 is 0 Å². The molecule has 0 heterocycles. The van der Waals surface area contributed by atoms with Crippen molar-refractivity contribution in [3.63, 3.8) is 0 Å². The Hall–Kier alpha value is -3.34. The van der Waals surface area contributed by atoms with Gasteiger partial charge in [-0.15, -0.1) is 0 Å². The Kier molecular flexibility index (Phi) is 7.18. The van der Waals surface area contributed by atoms with Gasteiger partial charge in [0.25, 0.3) is 0 Å². The third kappa shape index (κ3) is 5.34. The predicted molar refractivity (Wildman–Crippen MR) is 101 cm³/mol. The summed E-state index contributed by atoms with van der Waals surface area (Å²) in [6.45, 7) is 7.59. The van der Waals surface area contributed by atoms with Gasteiger partial charge < -0.3 is 14.8 Å². The minimum Gasteiger partial charge on any atom is -0.489 e.